The van der Waals surface area contributed by atoms with E-state index in [1.807, 2.05) is 0 Å². The van der Waals surface area contributed by atoms with E-state index in [0.717, 1.165) is 17.8 Å². The quantitative estimate of drug-likeness (QED) is 0.845. The number of rotatable bonds is 4. The van der Waals surface area contributed by atoms with E-state index in [1.54, 1.807) is 4.57 Å². The zero-order valence-electron chi connectivity index (χ0n) is 11.2. The molecule has 0 saturated heterocycles. The summed E-state index contributed by atoms with van der Waals surface area (Å²) in [6, 6.07) is 0. The van der Waals surface area contributed by atoms with Gasteiger partial charge in [-0.1, -0.05) is 26.1 Å². The second-order valence-corrected chi connectivity index (χ2v) is 6.10. The molecule has 1 fully saturated rings. The van der Waals surface area contributed by atoms with Crippen LogP contribution in [0.25, 0.3) is 11.2 Å². The molecule has 2 heterocycles. The number of H-pyrrole nitrogens is 2. The third kappa shape index (κ3) is 2.36. The highest BCUT2D eigenvalue weighted by atomic mass is 32.1. The lowest BCUT2D eigenvalue weighted by Crippen LogP contribution is -2.24. The van der Waals surface area contributed by atoms with Crippen LogP contribution >= 0.6 is 12.2 Å². The summed E-state index contributed by atoms with van der Waals surface area (Å²) >= 11 is 5.22. The lowest BCUT2D eigenvalue weighted by atomic mass is 10.1. The van der Waals surface area contributed by atoms with Crippen LogP contribution in [-0.4, -0.2) is 19.5 Å². The Morgan fingerprint density at radius 1 is 1.42 bits per heavy atom. The van der Waals surface area contributed by atoms with Crippen LogP contribution in [0.4, 0.5) is 0 Å². The maximum Gasteiger partial charge on any atom is 0.328 e. The fraction of sp³-hybridized carbons (Fsp3) is 0.615. The summed E-state index contributed by atoms with van der Waals surface area (Å²) in [7, 11) is 0. The molecule has 5 nitrogen and oxygen atoms in total. The molecule has 0 atom stereocenters. The van der Waals surface area contributed by atoms with E-state index in [4.69, 9.17) is 12.2 Å². The fourth-order valence-corrected chi connectivity index (χ4v) is 2.43. The minimum atomic E-state index is -0.160. The third-order valence-electron chi connectivity index (χ3n) is 3.55. The average molecular weight is 278 g/mol. The van der Waals surface area contributed by atoms with Gasteiger partial charge in [0.1, 0.15) is 16.0 Å². The lowest BCUT2D eigenvalue weighted by Gasteiger charge is -2.08. The van der Waals surface area contributed by atoms with Crippen molar-refractivity contribution < 1.29 is 0 Å². The van der Waals surface area contributed by atoms with Gasteiger partial charge in [0.25, 0.3) is 0 Å². The van der Waals surface area contributed by atoms with Gasteiger partial charge >= 0.3 is 5.69 Å². The van der Waals surface area contributed by atoms with Crippen LogP contribution in [0.5, 0.6) is 0 Å². The molecule has 19 heavy (non-hydrogen) atoms. The fourth-order valence-electron chi connectivity index (χ4n) is 2.20. The molecule has 0 bridgehead atoms. The van der Waals surface area contributed by atoms with Crippen LogP contribution < -0.4 is 5.69 Å². The first-order chi connectivity index (χ1) is 9.06. The first kappa shape index (κ1) is 12.6. The predicted octanol–water partition coefficient (Wildman–Crippen LogP) is 2.71. The van der Waals surface area contributed by atoms with Gasteiger partial charge < -0.3 is 4.98 Å². The van der Waals surface area contributed by atoms with Crippen LogP contribution in [-0.2, 0) is 6.54 Å². The van der Waals surface area contributed by atoms with Gasteiger partial charge in [-0.2, -0.15) is 0 Å². The molecule has 0 amide bonds. The molecule has 0 unspecified atom stereocenters. The summed E-state index contributed by atoms with van der Waals surface area (Å²) < 4.78 is 2.16. The summed E-state index contributed by atoms with van der Waals surface area (Å²) in [5, 5.41) is 0. The number of hydrogen-bond acceptors (Lipinski definition) is 3. The molecule has 2 aromatic rings. The third-order valence-corrected chi connectivity index (χ3v) is 3.85. The molecule has 1 aliphatic carbocycles. The van der Waals surface area contributed by atoms with E-state index in [0.29, 0.717) is 28.7 Å². The Hall–Kier alpha value is -1.43. The van der Waals surface area contributed by atoms with Gasteiger partial charge in [-0.15, -0.1) is 0 Å². The van der Waals surface area contributed by atoms with Gasteiger partial charge in [-0.25, -0.2) is 9.78 Å². The highest BCUT2D eigenvalue weighted by Crippen LogP contribution is 2.38. The topological polar surface area (TPSA) is 66.5 Å². The number of imidazole rings is 1. The van der Waals surface area contributed by atoms with Crippen molar-refractivity contribution in [2.24, 2.45) is 5.92 Å². The van der Waals surface area contributed by atoms with E-state index in [1.165, 1.54) is 12.8 Å². The largest absolute Gasteiger partial charge is 0.338 e. The molecule has 2 N–H and O–H groups in total. The van der Waals surface area contributed by atoms with Gasteiger partial charge in [0.15, 0.2) is 5.65 Å². The highest BCUT2D eigenvalue weighted by Gasteiger charge is 2.27. The summed E-state index contributed by atoms with van der Waals surface area (Å²) in [5.74, 6) is 2.04. The van der Waals surface area contributed by atoms with Crippen molar-refractivity contribution in [2.75, 3.05) is 0 Å². The van der Waals surface area contributed by atoms with Crippen molar-refractivity contribution in [1.82, 2.24) is 19.5 Å². The minimum Gasteiger partial charge on any atom is -0.338 e. The van der Waals surface area contributed by atoms with Crippen LogP contribution in [0.1, 0.15) is 44.9 Å². The van der Waals surface area contributed by atoms with Gasteiger partial charge in [0.05, 0.1) is 0 Å². The molecule has 0 aromatic carbocycles. The van der Waals surface area contributed by atoms with E-state index >= 15 is 0 Å². The Morgan fingerprint density at radius 3 is 2.79 bits per heavy atom. The molecule has 0 spiro atoms. The molecule has 0 radical (unpaired) electrons. The minimum absolute atomic E-state index is 0.160. The van der Waals surface area contributed by atoms with Crippen molar-refractivity contribution in [3.8, 4) is 0 Å². The van der Waals surface area contributed by atoms with E-state index in [-0.39, 0.29) is 5.69 Å². The van der Waals surface area contributed by atoms with Crippen LogP contribution in [0, 0.1) is 10.6 Å². The van der Waals surface area contributed by atoms with Crippen LogP contribution in [0.3, 0.4) is 0 Å². The van der Waals surface area contributed by atoms with Gasteiger partial charge in [-0.05, 0) is 25.2 Å². The zero-order chi connectivity index (χ0) is 13.6. The van der Waals surface area contributed by atoms with Crippen LogP contribution in [0.2, 0.25) is 0 Å². The smallest absolute Gasteiger partial charge is 0.328 e. The Kier molecular flexibility index (Phi) is 3.05. The first-order valence-electron chi connectivity index (χ1n) is 6.79. The number of nitrogens with zero attached hydrogens (tertiary/aromatic N) is 2. The number of nitrogens with one attached hydrogen (secondary N) is 2. The van der Waals surface area contributed by atoms with E-state index < -0.39 is 0 Å². The predicted molar refractivity (Wildman–Crippen MR) is 77.0 cm³/mol. The second kappa shape index (κ2) is 4.59. The first-order valence-corrected chi connectivity index (χ1v) is 7.20. The average Bonchev–Trinajstić information content (AvgIpc) is 3.08. The molecular formula is C13H18N4OS. The van der Waals surface area contributed by atoms with E-state index in [9.17, 15) is 4.79 Å². The molecule has 3 rings (SSSR count). The SMILES string of the molecule is CC(C)CCn1c(=O)[nH]c(=S)c2[nH]c(C3CC3)nc21. The molecule has 0 aliphatic heterocycles. The van der Waals surface area contributed by atoms with Gasteiger partial charge in [0.2, 0.25) is 0 Å². The summed E-state index contributed by atoms with van der Waals surface area (Å²) in [6.45, 7) is 4.97. The van der Waals surface area contributed by atoms with Crippen molar-refractivity contribution in [3.05, 3.63) is 20.9 Å². The van der Waals surface area contributed by atoms with Crippen molar-refractivity contribution in [2.45, 2.75) is 45.6 Å². The van der Waals surface area contributed by atoms with Crippen molar-refractivity contribution >= 4 is 23.4 Å². The standard InChI is InChI=1S/C13H18N4OS/c1-7(2)5-6-17-11-9(12(19)16-13(17)18)14-10(15-11)8-3-4-8/h7-8H,3-6H2,1-2H3,(H,14,15)(H,16,18,19). The Bertz CT molecular complexity index is 720. The number of aryl methyl sites for hydroxylation is 1. The molecule has 1 aliphatic rings. The maximum atomic E-state index is 12.0. The normalized spacial score (nSPS) is 15.5. The number of aromatic nitrogens is 4. The van der Waals surface area contributed by atoms with Gasteiger partial charge in [-0.3, -0.25) is 9.55 Å². The maximum absolute atomic E-state index is 12.0. The van der Waals surface area contributed by atoms with Crippen molar-refractivity contribution in [1.29, 1.82) is 0 Å². The summed E-state index contributed by atoms with van der Waals surface area (Å²) in [4.78, 5) is 22.6. The second-order valence-electron chi connectivity index (χ2n) is 5.69. The van der Waals surface area contributed by atoms with Crippen molar-refractivity contribution in [3.63, 3.8) is 0 Å². The zero-order valence-corrected chi connectivity index (χ0v) is 12.0. The number of hydrogen-bond donors (Lipinski definition) is 2. The molecule has 2 aromatic heterocycles. The van der Waals surface area contributed by atoms with E-state index in [2.05, 4.69) is 28.8 Å². The molecule has 6 heteroatoms. The lowest BCUT2D eigenvalue weighted by molar-refractivity contribution is 0.510. The van der Waals surface area contributed by atoms with Gasteiger partial charge in [0, 0.05) is 12.5 Å². The highest BCUT2D eigenvalue weighted by molar-refractivity contribution is 7.71. The number of aromatic amines is 2. The molecule has 1 saturated carbocycles. The summed E-state index contributed by atoms with van der Waals surface area (Å²) in [5.41, 5.74) is 1.34. The Morgan fingerprint density at radius 2 is 2.16 bits per heavy atom. The summed E-state index contributed by atoms with van der Waals surface area (Å²) in [6.07, 6.45) is 3.30. The molecule has 102 valence electrons. The monoisotopic (exact) mass is 278 g/mol. The Labute approximate surface area is 116 Å². The molecular weight excluding hydrogens is 260 g/mol. The number of fused-ring (bicyclic) bond motifs is 1. The van der Waals surface area contributed by atoms with Crippen LogP contribution in [0.15, 0.2) is 4.79 Å². The Balaban J connectivity index is 2.13.